The topological polar surface area (TPSA) is 3.24 Å². The summed E-state index contributed by atoms with van der Waals surface area (Å²) in [4.78, 5) is 2.46. The van der Waals surface area contributed by atoms with Crippen LogP contribution in [0.1, 0.15) is 25.0 Å². The number of fused-ring (bicyclic) bond motifs is 8. The first-order chi connectivity index (χ1) is 22.1. The average Bonchev–Trinajstić information content (AvgIpc) is 3.58. The van der Waals surface area contributed by atoms with Gasteiger partial charge in [-0.2, -0.15) is 0 Å². The van der Waals surface area contributed by atoms with Gasteiger partial charge in [0.1, 0.15) is 0 Å². The molecule has 8 aromatic rings. The van der Waals surface area contributed by atoms with Gasteiger partial charge in [-0.15, -0.1) is 11.3 Å². The lowest BCUT2D eigenvalue weighted by molar-refractivity contribution is 0.666. The van der Waals surface area contributed by atoms with E-state index in [4.69, 9.17) is 0 Å². The molecule has 45 heavy (non-hydrogen) atoms. The van der Waals surface area contributed by atoms with Crippen molar-refractivity contribution in [2.45, 2.75) is 19.3 Å². The molecule has 0 saturated carbocycles. The molecule has 7 aromatic carbocycles. The van der Waals surface area contributed by atoms with Crippen LogP contribution >= 0.6 is 11.3 Å². The first kappa shape index (κ1) is 26.2. The molecule has 0 N–H and O–H groups in total. The standard InChI is InChI=1S/C43H31NS/c1-43(2)37-26-24-32(27-36(37)34-25-21-30-13-6-7-14-33(30)42(34)43)44(31-22-19-29(20-23-31)28-11-4-3-5-12-28)38-16-10-18-40-41(38)35-15-8-9-17-39(35)45-40/h3-27H,1-2H3. The Morgan fingerprint density at radius 3 is 2.04 bits per heavy atom. The van der Waals surface area contributed by atoms with Crippen LogP contribution in [-0.4, -0.2) is 0 Å². The Morgan fingerprint density at radius 2 is 1.20 bits per heavy atom. The summed E-state index contributed by atoms with van der Waals surface area (Å²) in [5.74, 6) is 0. The molecule has 2 heteroatoms. The highest BCUT2D eigenvalue weighted by Gasteiger charge is 2.37. The molecule has 1 heterocycles. The van der Waals surface area contributed by atoms with E-state index in [0.717, 1.165) is 5.69 Å². The Labute approximate surface area is 267 Å². The van der Waals surface area contributed by atoms with E-state index in [2.05, 4.69) is 170 Å². The molecule has 0 bridgehead atoms. The molecule has 0 atom stereocenters. The van der Waals surface area contributed by atoms with Gasteiger partial charge in [-0.3, -0.25) is 0 Å². The lowest BCUT2D eigenvalue weighted by Gasteiger charge is -2.28. The number of anilines is 3. The molecule has 9 rings (SSSR count). The van der Waals surface area contributed by atoms with Crippen LogP contribution in [0.5, 0.6) is 0 Å². The van der Waals surface area contributed by atoms with Crippen molar-refractivity contribution in [2.24, 2.45) is 0 Å². The predicted octanol–water partition coefficient (Wildman–Crippen LogP) is 12.7. The van der Waals surface area contributed by atoms with Gasteiger partial charge in [0, 0.05) is 37.0 Å². The third-order valence-corrected chi connectivity index (χ3v) is 10.8. The average molecular weight is 594 g/mol. The van der Waals surface area contributed by atoms with E-state index in [9.17, 15) is 0 Å². The van der Waals surface area contributed by atoms with Crippen LogP contribution in [0.25, 0.3) is 53.2 Å². The largest absolute Gasteiger partial charge is 0.310 e. The second-order valence-electron chi connectivity index (χ2n) is 12.6. The fraction of sp³-hybridized carbons (Fsp3) is 0.0698. The summed E-state index contributed by atoms with van der Waals surface area (Å²) in [5, 5.41) is 5.25. The van der Waals surface area contributed by atoms with Crippen LogP contribution in [0.15, 0.2) is 152 Å². The zero-order valence-electron chi connectivity index (χ0n) is 25.3. The van der Waals surface area contributed by atoms with E-state index >= 15 is 0 Å². The molecule has 0 amide bonds. The molecule has 1 nitrogen and oxygen atoms in total. The molecule has 1 aromatic heterocycles. The van der Waals surface area contributed by atoms with Crippen molar-refractivity contribution in [3.63, 3.8) is 0 Å². The summed E-state index contributed by atoms with van der Waals surface area (Å²) in [6, 6.07) is 55.8. The molecule has 0 aliphatic heterocycles. The molecule has 1 aliphatic rings. The summed E-state index contributed by atoms with van der Waals surface area (Å²) < 4.78 is 2.62. The maximum Gasteiger partial charge on any atom is 0.0554 e. The quantitative estimate of drug-likeness (QED) is 0.196. The summed E-state index contributed by atoms with van der Waals surface area (Å²) in [6.07, 6.45) is 0. The van der Waals surface area contributed by atoms with Gasteiger partial charge in [0.15, 0.2) is 0 Å². The van der Waals surface area contributed by atoms with E-state index in [1.165, 1.54) is 75.7 Å². The second kappa shape index (κ2) is 9.92. The SMILES string of the molecule is CC1(C)c2ccc(N(c3ccc(-c4ccccc4)cc3)c3cccc4sc5ccccc5c34)cc2-c2ccc3ccccc3c21. The van der Waals surface area contributed by atoms with Gasteiger partial charge in [0.2, 0.25) is 0 Å². The fourth-order valence-electron chi connectivity index (χ4n) is 7.55. The number of hydrogen-bond donors (Lipinski definition) is 0. The van der Waals surface area contributed by atoms with Gasteiger partial charge in [0.05, 0.1) is 5.69 Å². The molecule has 0 saturated heterocycles. The van der Waals surface area contributed by atoms with Crippen molar-refractivity contribution in [3.05, 3.63) is 163 Å². The van der Waals surface area contributed by atoms with Crippen LogP contribution in [-0.2, 0) is 5.41 Å². The third kappa shape index (κ3) is 3.99. The monoisotopic (exact) mass is 593 g/mol. The van der Waals surface area contributed by atoms with Gasteiger partial charge in [-0.25, -0.2) is 0 Å². The van der Waals surface area contributed by atoms with E-state index in [1.54, 1.807) is 0 Å². The number of nitrogens with zero attached hydrogens (tertiary/aromatic N) is 1. The van der Waals surface area contributed by atoms with Crippen molar-refractivity contribution in [2.75, 3.05) is 4.90 Å². The molecule has 214 valence electrons. The number of hydrogen-bond acceptors (Lipinski definition) is 2. The normalized spacial score (nSPS) is 13.3. The van der Waals surface area contributed by atoms with Gasteiger partial charge < -0.3 is 4.90 Å². The zero-order valence-corrected chi connectivity index (χ0v) is 26.1. The van der Waals surface area contributed by atoms with Crippen LogP contribution in [0.2, 0.25) is 0 Å². The fourth-order valence-corrected chi connectivity index (χ4v) is 8.67. The summed E-state index contributed by atoms with van der Waals surface area (Å²) in [7, 11) is 0. The van der Waals surface area contributed by atoms with Crippen LogP contribution in [0, 0.1) is 0 Å². The minimum Gasteiger partial charge on any atom is -0.310 e. The van der Waals surface area contributed by atoms with E-state index in [-0.39, 0.29) is 5.41 Å². The highest BCUT2D eigenvalue weighted by Crippen LogP contribution is 2.53. The maximum atomic E-state index is 2.46. The molecule has 0 unspecified atom stereocenters. The van der Waals surface area contributed by atoms with Crippen molar-refractivity contribution >= 4 is 59.3 Å². The molecule has 0 radical (unpaired) electrons. The molecule has 0 spiro atoms. The van der Waals surface area contributed by atoms with Gasteiger partial charge >= 0.3 is 0 Å². The third-order valence-electron chi connectivity index (χ3n) is 9.63. The second-order valence-corrected chi connectivity index (χ2v) is 13.6. The van der Waals surface area contributed by atoms with Gasteiger partial charge in [-0.05, 0) is 86.6 Å². The van der Waals surface area contributed by atoms with Crippen molar-refractivity contribution in [1.29, 1.82) is 0 Å². The van der Waals surface area contributed by atoms with Crippen LogP contribution in [0.3, 0.4) is 0 Å². The van der Waals surface area contributed by atoms with Crippen LogP contribution in [0.4, 0.5) is 17.1 Å². The number of rotatable bonds is 4. The Morgan fingerprint density at radius 1 is 0.511 bits per heavy atom. The predicted molar refractivity (Wildman–Crippen MR) is 195 cm³/mol. The molecule has 0 fully saturated rings. The Kier molecular flexibility index (Phi) is 5.78. The van der Waals surface area contributed by atoms with Crippen molar-refractivity contribution in [1.82, 2.24) is 0 Å². The molecular formula is C43H31NS. The number of benzene rings is 7. The van der Waals surface area contributed by atoms with Gasteiger partial charge in [-0.1, -0.05) is 123 Å². The lowest BCUT2D eigenvalue weighted by Crippen LogP contribution is -2.16. The zero-order chi connectivity index (χ0) is 30.1. The van der Waals surface area contributed by atoms with Gasteiger partial charge in [0.25, 0.3) is 0 Å². The van der Waals surface area contributed by atoms with E-state index in [1.807, 2.05) is 11.3 Å². The van der Waals surface area contributed by atoms with Crippen LogP contribution < -0.4 is 4.90 Å². The number of thiophene rings is 1. The smallest absolute Gasteiger partial charge is 0.0554 e. The highest BCUT2D eigenvalue weighted by atomic mass is 32.1. The maximum absolute atomic E-state index is 2.46. The van der Waals surface area contributed by atoms with Crippen molar-refractivity contribution in [3.8, 4) is 22.3 Å². The minimum atomic E-state index is -0.0875. The lowest BCUT2D eigenvalue weighted by atomic mass is 9.80. The summed E-state index contributed by atoms with van der Waals surface area (Å²) in [6.45, 7) is 4.75. The first-order valence-electron chi connectivity index (χ1n) is 15.6. The first-order valence-corrected chi connectivity index (χ1v) is 16.4. The highest BCUT2D eigenvalue weighted by molar-refractivity contribution is 7.26. The van der Waals surface area contributed by atoms with E-state index in [0.29, 0.717) is 0 Å². The van der Waals surface area contributed by atoms with Crippen molar-refractivity contribution < 1.29 is 0 Å². The van der Waals surface area contributed by atoms with E-state index < -0.39 is 0 Å². The Hall–Kier alpha value is -5.18. The molecule has 1 aliphatic carbocycles. The Bertz CT molecular complexity index is 2400. The molecular weight excluding hydrogens is 563 g/mol. The summed E-state index contributed by atoms with van der Waals surface area (Å²) >= 11 is 1.87. The Balaban J connectivity index is 1.28. The minimum absolute atomic E-state index is 0.0875. The summed E-state index contributed by atoms with van der Waals surface area (Å²) in [5.41, 5.74) is 11.4.